The lowest BCUT2D eigenvalue weighted by atomic mass is 10.1. The number of nitrogens with zero attached hydrogens (tertiary/aromatic N) is 2. The Labute approximate surface area is 180 Å². The number of H-pyrrole nitrogens is 1. The summed E-state index contributed by atoms with van der Waals surface area (Å²) in [5.41, 5.74) is 4.28. The predicted octanol–water partition coefficient (Wildman–Crippen LogP) is 6.36. The van der Waals surface area contributed by atoms with Crippen LogP contribution in [0.4, 0.5) is 0 Å². The average Bonchev–Trinajstić information content (AvgIpc) is 3.26. The van der Waals surface area contributed by atoms with Crippen LogP contribution in [0.5, 0.6) is 5.75 Å². The van der Waals surface area contributed by atoms with E-state index in [4.69, 9.17) is 4.74 Å². The van der Waals surface area contributed by atoms with Crippen LogP contribution in [0.2, 0.25) is 0 Å². The quantitative estimate of drug-likeness (QED) is 0.349. The minimum absolute atomic E-state index is 0.487. The third-order valence-corrected chi connectivity index (χ3v) is 5.18. The highest BCUT2D eigenvalue weighted by Gasteiger charge is 2.07. The molecule has 148 valence electrons. The van der Waals surface area contributed by atoms with Crippen molar-refractivity contribution in [3.05, 3.63) is 108 Å². The van der Waals surface area contributed by atoms with E-state index in [9.17, 15) is 5.26 Å². The van der Waals surface area contributed by atoms with Crippen molar-refractivity contribution in [1.82, 2.24) is 9.97 Å². The molecule has 4 aromatic carbocycles. The first-order valence-corrected chi connectivity index (χ1v) is 10.1. The Bertz CT molecular complexity index is 1410. The molecular weight excluding hydrogens is 382 g/mol. The van der Waals surface area contributed by atoms with Gasteiger partial charge >= 0.3 is 0 Å². The molecule has 0 spiro atoms. The summed E-state index contributed by atoms with van der Waals surface area (Å²) in [5, 5.41) is 12.0. The van der Waals surface area contributed by atoms with Gasteiger partial charge in [0.15, 0.2) is 0 Å². The highest BCUT2D eigenvalue weighted by Crippen LogP contribution is 2.22. The van der Waals surface area contributed by atoms with E-state index < -0.39 is 0 Å². The van der Waals surface area contributed by atoms with Crippen molar-refractivity contribution >= 4 is 33.5 Å². The molecule has 0 saturated carbocycles. The lowest BCUT2D eigenvalue weighted by molar-refractivity contribution is 0.306. The van der Waals surface area contributed by atoms with E-state index in [1.165, 1.54) is 10.8 Å². The van der Waals surface area contributed by atoms with Gasteiger partial charge in [-0.3, -0.25) is 0 Å². The Hall–Kier alpha value is -4.36. The Morgan fingerprint density at radius 1 is 0.903 bits per heavy atom. The van der Waals surface area contributed by atoms with Gasteiger partial charge < -0.3 is 9.72 Å². The van der Waals surface area contributed by atoms with E-state index >= 15 is 0 Å². The van der Waals surface area contributed by atoms with Crippen molar-refractivity contribution in [3.8, 4) is 11.8 Å². The monoisotopic (exact) mass is 401 g/mol. The lowest BCUT2D eigenvalue weighted by Gasteiger charge is -2.08. The van der Waals surface area contributed by atoms with Gasteiger partial charge in [0, 0.05) is 0 Å². The molecule has 31 heavy (non-hydrogen) atoms. The first-order chi connectivity index (χ1) is 15.3. The zero-order chi connectivity index (χ0) is 21.0. The van der Waals surface area contributed by atoms with E-state index in [1.54, 1.807) is 0 Å². The minimum Gasteiger partial charge on any atom is -0.489 e. The molecule has 0 bridgehead atoms. The van der Waals surface area contributed by atoms with Crippen LogP contribution in [-0.2, 0) is 6.61 Å². The van der Waals surface area contributed by atoms with E-state index in [1.807, 2.05) is 66.7 Å². The Morgan fingerprint density at radius 3 is 2.48 bits per heavy atom. The number of fused-ring (bicyclic) bond motifs is 2. The highest BCUT2D eigenvalue weighted by molar-refractivity contribution is 5.90. The molecule has 0 saturated heterocycles. The van der Waals surface area contributed by atoms with Crippen molar-refractivity contribution in [2.24, 2.45) is 0 Å². The molecule has 0 aliphatic carbocycles. The largest absolute Gasteiger partial charge is 0.489 e. The minimum atomic E-state index is 0.487. The summed E-state index contributed by atoms with van der Waals surface area (Å²) in [5.74, 6) is 1.35. The van der Waals surface area contributed by atoms with Crippen LogP contribution in [0.1, 0.15) is 17.0 Å². The van der Waals surface area contributed by atoms with Gasteiger partial charge in [-0.1, -0.05) is 60.7 Å². The maximum Gasteiger partial charge on any atom is 0.149 e. The van der Waals surface area contributed by atoms with Gasteiger partial charge in [0.25, 0.3) is 0 Å². The van der Waals surface area contributed by atoms with Gasteiger partial charge in [0.2, 0.25) is 0 Å². The van der Waals surface area contributed by atoms with Gasteiger partial charge in [0.05, 0.1) is 16.6 Å². The number of rotatable bonds is 5. The molecule has 1 N–H and O–H groups in total. The Balaban J connectivity index is 1.31. The van der Waals surface area contributed by atoms with Gasteiger partial charge in [-0.25, -0.2) is 4.98 Å². The summed E-state index contributed by atoms with van der Waals surface area (Å²) in [4.78, 5) is 7.71. The lowest BCUT2D eigenvalue weighted by Crippen LogP contribution is -1.95. The zero-order valence-electron chi connectivity index (χ0n) is 16.7. The molecule has 0 aliphatic rings. The summed E-state index contributed by atoms with van der Waals surface area (Å²) >= 11 is 0. The molecule has 0 aliphatic heterocycles. The summed E-state index contributed by atoms with van der Waals surface area (Å²) in [7, 11) is 0. The second kappa shape index (κ2) is 8.17. The van der Waals surface area contributed by atoms with Gasteiger partial charge in [-0.15, -0.1) is 0 Å². The fraction of sp³-hybridized carbons (Fsp3) is 0.0370. The first kappa shape index (κ1) is 18.7. The molecule has 0 atom stereocenters. The van der Waals surface area contributed by atoms with E-state index in [2.05, 4.69) is 46.4 Å². The third-order valence-electron chi connectivity index (χ3n) is 5.18. The molecule has 4 nitrogen and oxygen atoms in total. The Morgan fingerprint density at radius 2 is 1.68 bits per heavy atom. The van der Waals surface area contributed by atoms with Crippen LogP contribution in [0.15, 0.2) is 91.0 Å². The number of nitriles is 1. The maximum atomic E-state index is 9.60. The van der Waals surface area contributed by atoms with Crippen molar-refractivity contribution in [2.45, 2.75) is 6.61 Å². The molecule has 1 heterocycles. The van der Waals surface area contributed by atoms with E-state index in [0.717, 1.165) is 27.9 Å². The fourth-order valence-electron chi connectivity index (χ4n) is 3.56. The molecular formula is C27H19N3O. The third kappa shape index (κ3) is 4.03. The molecule has 0 amide bonds. The molecule has 5 rings (SSSR count). The zero-order valence-corrected chi connectivity index (χ0v) is 16.7. The average molecular weight is 401 g/mol. The van der Waals surface area contributed by atoms with Crippen LogP contribution in [0, 0.1) is 11.3 Å². The number of para-hydroxylation sites is 2. The SMILES string of the molecule is N#C/C(=C/c1ccc(OCc2ccc3ccccc3c2)cc1)c1nc2ccccc2[nH]1. The highest BCUT2D eigenvalue weighted by atomic mass is 16.5. The molecule has 5 aromatic rings. The van der Waals surface area contributed by atoms with Crippen LogP contribution < -0.4 is 4.74 Å². The molecule has 0 radical (unpaired) electrons. The number of imidazole rings is 1. The maximum absolute atomic E-state index is 9.60. The number of nitrogens with one attached hydrogen (secondary N) is 1. The molecule has 0 unspecified atom stereocenters. The van der Waals surface area contributed by atoms with Gasteiger partial charge in [-0.2, -0.15) is 5.26 Å². The topological polar surface area (TPSA) is 61.7 Å². The summed E-state index contributed by atoms with van der Waals surface area (Å²) in [6.07, 6.45) is 1.82. The van der Waals surface area contributed by atoms with Crippen molar-refractivity contribution in [3.63, 3.8) is 0 Å². The van der Waals surface area contributed by atoms with E-state index in [-0.39, 0.29) is 0 Å². The fourth-order valence-corrected chi connectivity index (χ4v) is 3.56. The summed E-state index contributed by atoms with van der Waals surface area (Å²) < 4.78 is 5.95. The summed E-state index contributed by atoms with van der Waals surface area (Å²) in [6.45, 7) is 0.502. The van der Waals surface area contributed by atoms with Gasteiger partial charge in [-0.05, 0) is 58.3 Å². The van der Waals surface area contributed by atoms with Gasteiger partial charge in [0.1, 0.15) is 24.3 Å². The molecule has 1 aromatic heterocycles. The second-order valence-electron chi connectivity index (χ2n) is 7.31. The van der Waals surface area contributed by atoms with Crippen LogP contribution in [-0.4, -0.2) is 9.97 Å². The van der Waals surface area contributed by atoms with Crippen molar-refractivity contribution in [1.29, 1.82) is 5.26 Å². The van der Waals surface area contributed by atoms with E-state index in [0.29, 0.717) is 18.0 Å². The predicted molar refractivity (Wildman–Crippen MR) is 124 cm³/mol. The number of aromatic amines is 1. The number of hydrogen-bond acceptors (Lipinski definition) is 3. The van der Waals surface area contributed by atoms with Crippen molar-refractivity contribution in [2.75, 3.05) is 0 Å². The molecule has 0 fully saturated rings. The number of hydrogen-bond donors (Lipinski definition) is 1. The number of benzene rings is 4. The number of aromatic nitrogens is 2. The smallest absolute Gasteiger partial charge is 0.149 e. The number of allylic oxidation sites excluding steroid dienone is 1. The Kier molecular flexibility index (Phi) is 4.92. The van der Waals surface area contributed by atoms with Crippen molar-refractivity contribution < 1.29 is 4.74 Å². The standard InChI is InChI=1S/C27H19N3O/c28-17-23(27-29-25-7-3-4-8-26(25)30-27)15-19-10-13-24(14-11-19)31-18-20-9-12-21-5-1-2-6-22(21)16-20/h1-16H,18H2,(H,29,30)/b23-15-. The molecule has 4 heteroatoms. The van der Waals surface area contributed by atoms with Crippen LogP contribution in [0.3, 0.4) is 0 Å². The van der Waals surface area contributed by atoms with Crippen LogP contribution >= 0.6 is 0 Å². The normalized spacial score (nSPS) is 11.5. The summed E-state index contributed by atoms with van der Waals surface area (Å²) in [6, 6.07) is 32.3. The second-order valence-corrected chi connectivity index (χ2v) is 7.31. The van der Waals surface area contributed by atoms with Crippen LogP contribution in [0.25, 0.3) is 33.5 Å². The first-order valence-electron chi connectivity index (χ1n) is 10.1. The number of ether oxygens (including phenoxy) is 1.